The molecule has 3 rings (SSSR count). The van der Waals surface area contributed by atoms with Crippen LogP contribution in [0.5, 0.6) is 0 Å². The SMILES string of the molecule is Cc1nc2nc(N)nc(N)c2c(C)c1Cc1ccccc1I.Cl. The zero-order valence-electron chi connectivity index (χ0n) is 12.8. The Morgan fingerprint density at radius 3 is 2.43 bits per heavy atom. The number of pyridine rings is 1. The van der Waals surface area contributed by atoms with Crippen LogP contribution in [0.4, 0.5) is 11.8 Å². The summed E-state index contributed by atoms with van der Waals surface area (Å²) in [6, 6.07) is 8.33. The van der Waals surface area contributed by atoms with Gasteiger partial charge in [0.25, 0.3) is 0 Å². The highest BCUT2D eigenvalue weighted by molar-refractivity contribution is 14.1. The largest absolute Gasteiger partial charge is 0.383 e. The molecule has 23 heavy (non-hydrogen) atoms. The van der Waals surface area contributed by atoms with Crippen LogP contribution in [0.2, 0.25) is 0 Å². The lowest BCUT2D eigenvalue weighted by Gasteiger charge is -2.14. The maximum absolute atomic E-state index is 6.03. The Morgan fingerprint density at radius 2 is 1.74 bits per heavy atom. The normalized spacial score (nSPS) is 10.6. The van der Waals surface area contributed by atoms with E-state index in [1.807, 2.05) is 19.9 Å². The second-order valence-electron chi connectivity index (χ2n) is 5.23. The predicted octanol–water partition coefficient (Wildman–Crippen LogP) is 3.42. The van der Waals surface area contributed by atoms with E-state index < -0.39 is 0 Å². The third kappa shape index (κ3) is 3.32. The molecule has 0 fully saturated rings. The number of aryl methyl sites for hydroxylation is 2. The molecule has 2 heterocycles. The van der Waals surface area contributed by atoms with Crippen LogP contribution >= 0.6 is 35.0 Å². The molecule has 0 aliphatic heterocycles. The van der Waals surface area contributed by atoms with Gasteiger partial charge in [-0.2, -0.15) is 9.97 Å². The van der Waals surface area contributed by atoms with Gasteiger partial charge in [0.2, 0.25) is 5.95 Å². The van der Waals surface area contributed by atoms with Crippen molar-refractivity contribution in [1.29, 1.82) is 0 Å². The van der Waals surface area contributed by atoms with Gasteiger partial charge >= 0.3 is 0 Å². The molecule has 0 spiro atoms. The first-order valence-corrected chi connectivity index (χ1v) is 7.97. The van der Waals surface area contributed by atoms with Crippen molar-refractivity contribution in [2.24, 2.45) is 0 Å². The predicted molar refractivity (Wildman–Crippen MR) is 105 cm³/mol. The topological polar surface area (TPSA) is 90.7 Å². The number of hydrogen-bond donors (Lipinski definition) is 2. The maximum atomic E-state index is 6.03. The minimum Gasteiger partial charge on any atom is -0.383 e. The van der Waals surface area contributed by atoms with Crippen LogP contribution in [-0.4, -0.2) is 15.0 Å². The van der Waals surface area contributed by atoms with Gasteiger partial charge in [0.1, 0.15) is 5.82 Å². The number of benzene rings is 1. The van der Waals surface area contributed by atoms with E-state index in [4.69, 9.17) is 11.5 Å². The average molecular weight is 442 g/mol. The third-order valence-corrected chi connectivity index (χ3v) is 4.85. The van der Waals surface area contributed by atoms with Crippen molar-refractivity contribution < 1.29 is 0 Å². The van der Waals surface area contributed by atoms with Crippen LogP contribution in [0.1, 0.15) is 22.4 Å². The summed E-state index contributed by atoms with van der Waals surface area (Å²) in [5.41, 5.74) is 16.7. The van der Waals surface area contributed by atoms with Crippen LogP contribution in [0, 0.1) is 17.4 Å². The first-order valence-electron chi connectivity index (χ1n) is 6.89. The number of rotatable bonds is 2. The quantitative estimate of drug-likeness (QED) is 0.595. The molecule has 0 atom stereocenters. The first kappa shape index (κ1) is 17.7. The third-order valence-electron chi connectivity index (χ3n) is 3.80. The van der Waals surface area contributed by atoms with Gasteiger partial charge in [-0.15, -0.1) is 12.4 Å². The van der Waals surface area contributed by atoms with Crippen molar-refractivity contribution in [3.63, 3.8) is 0 Å². The fraction of sp³-hybridized carbons (Fsp3) is 0.188. The number of anilines is 2. The molecule has 3 aromatic rings. The molecule has 4 N–H and O–H groups in total. The van der Waals surface area contributed by atoms with Gasteiger partial charge in [-0.3, -0.25) is 0 Å². The number of halogens is 2. The molecule has 0 unspecified atom stereocenters. The summed E-state index contributed by atoms with van der Waals surface area (Å²) in [6.07, 6.45) is 0.809. The summed E-state index contributed by atoms with van der Waals surface area (Å²) < 4.78 is 1.24. The minimum absolute atomic E-state index is 0. The maximum Gasteiger partial charge on any atom is 0.224 e. The lowest BCUT2D eigenvalue weighted by Crippen LogP contribution is -2.07. The first-order chi connectivity index (χ1) is 10.5. The smallest absolute Gasteiger partial charge is 0.224 e. The summed E-state index contributed by atoms with van der Waals surface area (Å²) in [4.78, 5) is 12.8. The second kappa shape index (κ2) is 6.84. The zero-order valence-corrected chi connectivity index (χ0v) is 15.8. The molecular formula is C16H17ClIN5. The van der Waals surface area contributed by atoms with Crippen molar-refractivity contribution in [3.05, 3.63) is 50.2 Å². The molecule has 0 radical (unpaired) electrons. The number of aromatic nitrogens is 3. The molecule has 0 amide bonds. The van der Waals surface area contributed by atoms with Crippen LogP contribution in [0.15, 0.2) is 24.3 Å². The van der Waals surface area contributed by atoms with E-state index in [1.165, 1.54) is 9.13 Å². The molecule has 0 saturated heterocycles. The minimum atomic E-state index is 0. The van der Waals surface area contributed by atoms with Crippen molar-refractivity contribution >= 4 is 57.8 Å². The molecule has 120 valence electrons. The number of nitrogens with two attached hydrogens (primary N) is 2. The summed E-state index contributed by atoms with van der Waals surface area (Å²) >= 11 is 2.35. The van der Waals surface area contributed by atoms with Gasteiger partial charge < -0.3 is 11.5 Å². The highest BCUT2D eigenvalue weighted by Crippen LogP contribution is 2.28. The van der Waals surface area contributed by atoms with Gasteiger partial charge in [0.05, 0.1) is 5.39 Å². The molecule has 0 bridgehead atoms. The van der Waals surface area contributed by atoms with Gasteiger partial charge in [0, 0.05) is 15.7 Å². The number of fused-ring (bicyclic) bond motifs is 1. The summed E-state index contributed by atoms with van der Waals surface area (Å²) in [5.74, 6) is 0.540. The highest BCUT2D eigenvalue weighted by atomic mass is 127. The Kier molecular flexibility index (Phi) is 5.26. The monoisotopic (exact) mass is 441 g/mol. The molecule has 0 aliphatic rings. The fourth-order valence-corrected chi connectivity index (χ4v) is 3.24. The molecule has 0 saturated carbocycles. The van der Waals surface area contributed by atoms with Crippen molar-refractivity contribution in [2.45, 2.75) is 20.3 Å². The Morgan fingerprint density at radius 1 is 1.04 bits per heavy atom. The summed E-state index contributed by atoms with van der Waals surface area (Å²) in [5, 5.41) is 0.792. The zero-order chi connectivity index (χ0) is 15.9. The van der Waals surface area contributed by atoms with E-state index in [2.05, 4.69) is 55.7 Å². The number of nitrogens with zero attached hydrogens (tertiary/aromatic N) is 3. The molecule has 1 aromatic carbocycles. The van der Waals surface area contributed by atoms with E-state index >= 15 is 0 Å². The summed E-state index contributed by atoms with van der Waals surface area (Å²) in [6.45, 7) is 4.03. The standard InChI is InChI=1S/C16H16IN5.ClH/c1-8-11(7-10-5-3-4-6-12(10)17)9(2)20-15-13(8)14(18)21-16(19)22-15;/h3-6H,7H2,1-2H3,(H4,18,19,20,21,22);1H. The fourth-order valence-electron chi connectivity index (χ4n) is 2.67. The summed E-state index contributed by atoms with van der Waals surface area (Å²) in [7, 11) is 0. The van der Waals surface area contributed by atoms with Gasteiger partial charge in [-0.1, -0.05) is 18.2 Å². The Hall–Kier alpha value is -1.67. The van der Waals surface area contributed by atoms with E-state index in [9.17, 15) is 0 Å². The molecule has 0 aliphatic carbocycles. The van der Waals surface area contributed by atoms with Crippen molar-refractivity contribution in [1.82, 2.24) is 15.0 Å². The van der Waals surface area contributed by atoms with Gasteiger partial charge in [0.15, 0.2) is 5.65 Å². The highest BCUT2D eigenvalue weighted by Gasteiger charge is 2.15. The van der Waals surface area contributed by atoms with E-state index in [0.717, 1.165) is 28.6 Å². The molecule has 5 nitrogen and oxygen atoms in total. The van der Waals surface area contributed by atoms with Crippen molar-refractivity contribution in [3.8, 4) is 0 Å². The molecule has 7 heteroatoms. The van der Waals surface area contributed by atoms with Crippen LogP contribution in [0.25, 0.3) is 11.0 Å². The number of hydrogen-bond acceptors (Lipinski definition) is 5. The Balaban J connectivity index is 0.00000192. The average Bonchev–Trinajstić information content (AvgIpc) is 2.44. The van der Waals surface area contributed by atoms with E-state index in [-0.39, 0.29) is 18.4 Å². The Bertz CT molecular complexity index is 882. The molecule has 2 aromatic heterocycles. The van der Waals surface area contributed by atoms with Crippen LogP contribution in [-0.2, 0) is 6.42 Å². The van der Waals surface area contributed by atoms with Crippen LogP contribution < -0.4 is 11.5 Å². The Labute approximate surface area is 154 Å². The van der Waals surface area contributed by atoms with Crippen LogP contribution in [0.3, 0.4) is 0 Å². The second-order valence-corrected chi connectivity index (χ2v) is 6.40. The number of nitrogen functional groups attached to an aromatic ring is 2. The van der Waals surface area contributed by atoms with E-state index in [1.54, 1.807) is 0 Å². The molecular weight excluding hydrogens is 425 g/mol. The lowest BCUT2D eigenvalue weighted by molar-refractivity contribution is 1.05. The van der Waals surface area contributed by atoms with Gasteiger partial charge in [-0.25, -0.2) is 4.98 Å². The van der Waals surface area contributed by atoms with Gasteiger partial charge in [-0.05, 0) is 59.2 Å². The van der Waals surface area contributed by atoms with E-state index in [0.29, 0.717) is 11.5 Å². The lowest BCUT2D eigenvalue weighted by atomic mass is 9.97. The van der Waals surface area contributed by atoms with Crippen molar-refractivity contribution in [2.75, 3.05) is 11.5 Å².